The molecule has 0 radical (unpaired) electrons. The lowest BCUT2D eigenvalue weighted by Gasteiger charge is -2.22. The maximum absolute atomic E-state index is 13.2. The van der Waals surface area contributed by atoms with Crippen LogP contribution in [0.5, 0.6) is 0 Å². The number of carbonyl (C=O) groups is 1. The highest BCUT2D eigenvalue weighted by atomic mass is 35.5. The zero-order valence-electron chi connectivity index (χ0n) is 14.9. The largest absolute Gasteiger partial charge is 0.444 e. The molecule has 0 saturated carbocycles. The average molecular weight is 429 g/mol. The highest BCUT2D eigenvalue weighted by Gasteiger charge is 2.42. The van der Waals surface area contributed by atoms with Crippen LogP contribution in [-0.2, 0) is 20.9 Å². The van der Waals surface area contributed by atoms with Crippen LogP contribution < -0.4 is 5.32 Å². The molecular weight excluding hydrogens is 409 g/mol. The van der Waals surface area contributed by atoms with E-state index in [1.54, 1.807) is 20.8 Å². The molecule has 2 rings (SSSR count). The summed E-state index contributed by atoms with van der Waals surface area (Å²) in [5.41, 5.74) is -2.05. The van der Waals surface area contributed by atoms with Crippen LogP contribution in [-0.4, -0.2) is 43.5 Å². The van der Waals surface area contributed by atoms with Gasteiger partial charge in [-0.25, -0.2) is 13.2 Å². The van der Waals surface area contributed by atoms with Crippen molar-refractivity contribution in [2.75, 3.05) is 13.1 Å². The van der Waals surface area contributed by atoms with Crippen LogP contribution in [0.15, 0.2) is 23.1 Å². The maximum Gasteiger partial charge on any atom is 0.417 e. The van der Waals surface area contributed by atoms with Crippen LogP contribution >= 0.6 is 11.6 Å². The van der Waals surface area contributed by atoms with Gasteiger partial charge in [-0.05, 0) is 39.3 Å². The Labute approximate surface area is 160 Å². The number of amides is 1. The number of hydrogen-bond acceptors (Lipinski definition) is 4. The Kier molecular flexibility index (Phi) is 6.03. The zero-order valence-corrected chi connectivity index (χ0v) is 16.5. The fraction of sp³-hybridized carbons (Fsp3) is 0.562. The van der Waals surface area contributed by atoms with E-state index in [9.17, 15) is 26.4 Å². The van der Waals surface area contributed by atoms with Crippen molar-refractivity contribution >= 4 is 27.7 Å². The number of alkyl halides is 3. The van der Waals surface area contributed by atoms with Crippen LogP contribution in [0.4, 0.5) is 18.0 Å². The van der Waals surface area contributed by atoms with Gasteiger partial charge in [0.25, 0.3) is 0 Å². The number of alkyl carbamates (subject to hydrolysis) is 1. The van der Waals surface area contributed by atoms with Gasteiger partial charge in [-0.1, -0.05) is 17.7 Å². The lowest BCUT2D eigenvalue weighted by Crippen LogP contribution is -2.41. The molecule has 1 aromatic rings. The summed E-state index contributed by atoms with van der Waals surface area (Å²) in [6.07, 6.45) is -5.36. The third-order valence-corrected chi connectivity index (χ3v) is 6.14. The monoisotopic (exact) mass is 428 g/mol. The predicted octanol–water partition coefficient (Wildman–Crippen LogP) is 3.65. The first kappa shape index (κ1) is 21.8. The van der Waals surface area contributed by atoms with Crippen LogP contribution in [0.3, 0.4) is 0 Å². The molecule has 0 aliphatic carbocycles. The second-order valence-electron chi connectivity index (χ2n) is 7.11. The minimum Gasteiger partial charge on any atom is -0.444 e. The van der Waals surface area contributed by atoms with Crippen molar-refractivity contribution in [1.82, 2.24) is 9.62 Å². The smallest absolute Gasteiger partial charge is 0.417 e. The van der Waals surface area contributed by atoms with Crippen molar-refractivity contribution in [2.45, 2.75) is 49.9 Å². The summed E-state index contributed by atoms with van der Waals surface area (Å²) in [4.78, 5) is 10.8. The van der Waals surface area contributed by atoms with Gasteiger partial charge in [0.2, 0.25) is 10.0 Å². The van der Waals surface area contributed by atoms with E-state index in [1.807, 2.05) is 0 Å². The number of nitrogens with one attached hydrogen (secondary N) is 1. The Bertz CT molecular complexity index is 822. The summed E-state index contributed by atoms with van der Waals surface area (Å²) in [6, 6.07) is 2.23. The van der Waals surface area contributed by atoms with Crippen molar-refractivity contribution in [3.63, 3.8) is 0 Å². The Morgan fingerprint density at radius 3 is 2.48 bits per heavy atom. The van der Waals surface area contributed by atoms with Gasteiger partial charge in [0, 0.05) is 19.1 Å². The summed E-state index contributed by atoms with van der Waals surface area (Å²) in [5.74, 6) is 0. The van der Waals surface area contributed by atoms with E-state index in [1.165, 1.54) is 0 Å². The first-order valence-electron chi connectivity index (χ1n) is 8.07. The van der Waals surface area contributed by atoms with Gasteiger partial charge in [-0.15, -0.1) is 0 Å². The number of halogens is 4. The molecule has 1 aromatic carbocycles. The van der Waals surface area contributed by atoms with E-state index in [2.05, 4.69) is 5.32 Å². The first-order chi connectivity index (χ1) is 12.2. The molecule has 1 fully saturated rings. The van der Waals surface area contributed by atoms with Gasteiger partial charge in [-0.3, -0.25) is 0 Å². The SMILES string of the molecule is CC(C)(C)OC(=O)N[C@@H]1CCN(S(=O)(=O)c2c(Cl)cccc2C(F)(F)F)C1. The second kappa shape index (κ2) is 7.48. The van der Waals surface area contributed by atoms with Crippen molar-refractivity contribution in [3.8, 4) is 0 Å². The van der Waals surface area contributed by atoms with E-state index >= 15 is 0 Å². The van der Waals surface area contributed by atoms with Crippen molar-refractivity contribution in [2.24, 2.45) is 0 Å². The number of nitrogens with zero attached hydrogens (tertiary/aromatic N) is 1. The van der Waals surface area contributed by atoms with Crippen LogP contribution in [0.2, 0.25) is 5.02 Å². The standard InChI is InChI=1S/C16H20ClF3N2O4S/c1-15(2,3)26-14(23)21-10-7-8-22(9-10)27(24,25)13-11(16(18,19)20)5-4-6-12(13)17/h4-6,10H,7-9H2,1-3H3,(H,21,23)/t10-/m1/s1. The maximum atomic E-state index is 13.2. The van der Waals surface area contributed by atoms with E-state index in [0.29, 0.717) is 6.07 Å². The Morgan fingerprint density at radius 2 is 1.93 bits per heavy atom. The molecule has 1 saturated heterocycles. The number of hydrogen-bond donors (Lipinski definition) is 1. The molecule has 1 atom stereocenters. The molecule has 1 amide bonds. The van der Waals surface area contributed by atoms with Gasteiger partial charge in [0.15, 0.2) is 0 Å². The fourth-order valence-corrected chi connectivity index (χ4v) is 4.89. The summed E-state index contributed by atoms with van der Waals surface area (Å²) in [7, 11) is -4.50. The van der Waals surface area contributed by atoms with Crippen molar-refractivity contribution in [1.29, 1.82) is 0 Å². The van der Waals surface area contributed by atoms with Crippen molar-refractivity contribution < 1.29 is 31.1 Å². The Hall–Kier alpha value is -1.52. The van der Waals surface area contributed by atoms with Gasteiger partial charge >= 0.3 is 12.3 Å². The van der Waals surface area contributed by atoms with Crippen LogP contribution in [0.25, 0.3) is 0 Å². The lowest BCUT2D eigenvalue weighted by atomic mass is 10.2. The van der Waals surface area contributed by atoms with Crippen LogP contribution in [0, 0.1) is 0 Å². The number of rotatable bonds is 3. The Morgan fingerprint density at radius 1 is 1.30 bits per heavy atom. The van der Waals surface area contributed by atoms with Gasteiger partial charge in [-0.2, -0.15) is 17.5 Å². The zero-order chi connectivity index (χ0) is 20.6. The second-order valence-corrected chi connectivity index (χ2v) is 9.39. The molecule has 27 heavy (non-hydrogen) atoms. The van der Waals surface area contributed by atoms with E-state index in [0.717, 1.165) is 16.4 Å². The molecule has 11 heteroatoms. The quantitative estimate of drug-likeness (QED) is 0.797. The molecule has 0 spiro atoms. The molecule has 0 aromatic heterocycles. The number of sulfonamides is 1. The van der Waals surface area contributed by atoms with Crippen molar-refractivity contribution in [3.05, 3.63) is 28.8 Å². The Balaban J connectivity index is 2.22. The fourth-order valence-electron chi connectivity index (χ4n) is 2.66. The molecule has 152 valence electrons. The third-order valence-electron chi connectivity index (χ3n) is 3.74. The highest BCUT2D eigenvalue weighted by molar-refractivity contribution is 7.89. The predicted molar refractivity (Wildman–Crippen MR) is 93.0 cm³/mol. The molecule has 0 bridgehead atoms. The molecule has 1 aliphatic rings. The molecule has 1 aliphatic heterocycles. The van der Waals surface area contributed by atoms with Gasteiger partial charge in [0.1, 0.15) is 10.5 Å². The minimum absolute atomic E-state index is 0.0503. The summed E-state index contributed by atoms with van der Waals surface area (Å²) in [5, 5.41) is 2.02. The number of ether oxygens (including phenoxy) is 1. The number of benzene rings is 1. The van der Waals surface area contributed by atoms with E-state index < -0.39 is 49.4 Å². The van der Waals surface area contributed by atoms with Gasteiger partial charge in [0.05, 0.1) is 10.6 Å². The van der Waals surface area contributed by atoms with Gasteiger partial charge < -0.3 is 10.1 Å². The molecule has 1 heterocycles. The average Bonchev–Trinajstić information content (AvgIpc) is 2.92. The summed E-state index contributed by atoms with van der Waals surface area (Å²) in [6.45, 7) is 4.80. The highest BCUT2D eigenvalue weighted by Crippen LogP contribution is 2.39. The number of carbonyl (C=O) groups excluding carboxylic acids is 1. The first-order valence-corrected chi connectivity index (χ1v) is 9.89. The molecule has 0 unspecified atom stereocenters. The van der Waals surface area contributed by atoms with Crippen LogP contribution in [0.1, 0.15) is 32.8 Å². The lowest BCUT2D eigenvalue weighted by molar-refractivity contribution is -0.139. The molecule has 1 N–H and O–H groups in total. The van der Waals surface area contributed by atoms with E-state index in [4.69, 9.17) is 16.3 Å². The molecule has 6 nitrogen and oxygen atoms in total. The molecular formula is C16H20ClF3N2O4S. The topological polar surface area (TPSA) is 75.7 Å². The van der Waals surface area contributed by atoms with E-state index in [-0.39, 0.29) is 19.5 Å². The minimum atomic E-state index is -4.87. The third kappa shape index (κ3) is 5.26. The summed E-state index contributed by atoms with van der Waals surface area (Å²) < 4.78 is 71.3. The normalized spacial score (nSPS) is 19.1. The summed E-state index contributed by atoms with van der Waals surface area (Å²) >= 11 is 5.80.